The lowest BCUT2D eigenvalue weighted by Gasteiger charge is -2.25. The Morgan fingerprint density at radius 3 is 2.50 bits per heavy atom. The van der Waals surface area contributed by atoms with Crippen molar-refractivity contribution in [3.05, 3.63) is 29.8 Å². The molecule has 0 fully saturated rings. The minimum atomic E-state index is -2.96. The minimum absolute atomic E-state index is 0.00112. The molecule has 134 valence electrons. The number of hydrogen-bond acceptors (Lipinski definition) is 3. The number of alkyl halides is 2. The van der Waals surface area contributed by atoms with Crippen molar-refractivity contribution in [1.29, 1.82) is 0 Å². The van der Waals surface area contributed by atoms with Gasteiger partial charge in [-0.3, -0.25) is 4.79 Å². The normalized spacial score (nSPS) is 13.2. The molecule has 2 amide bonds. The second kappa shape index (κ2) is 9.05. The molecule has 0 spiro atoms. The molecule has 1 aromatic carbocycles. The molecular weight excluding hydrogens is 322 g/mol. The van der Waals surface area contributed by atoms with E-state index < -0.39 is 30.6 Å². The molecule has 8 heteroatoms. The van der Waals surface area contributed by atoms with Crippen molar-refractivity contribution >= 4 is 12.0 Å². The second-order valence-corrected chi connectivity index (χ2v) is 5.45. The summed E-state index contributed by atoms with van der Waals surface area (Å²) in [5, 5.41) is 11.6. The summed E-state index contributed by atoms with van der Waals surface area (Å²) >= 11 is 0. The number of benzene rings is 1. The highest BCUT2D eigenvalue weighted by Gasteiger charge is 2.22. The van der Waals surface area contributed by atoms with Crippen molar-refractivity contribution in [2.45, 2.75) is 32.9 Å². The van der Waals surface area contributed by atoms with Gasteiger partial charge in [-0.1, -0.05) is 32.0 Å². The average Bonchev–Trinajstić information content (AvgIpc) is 2.52. The number of carboxylic acid groups (broad SMARTS) is 1. The number of aliphatic carboxylic acids is 1. The summed E-state index contributed by atoms with van der Waals surface area (Å²) in [6, 6.07) is 5.23. The van der Waals surface area contributed by atoms with Gasteiger partial charge in [-0.15, -0.1) is 0 Å². The van der Waals surface area contributed by atoms with Crippen LogP contribution in [-0.4, -0.2) is 42.2 Å². The van der Waals surface area contributed by atoms with Crippen molar-refractivity contribution in [3.8, 4) is 5.75 Å². The van der Waals surface area contributed by atoms with Gasteiger partial charge in [-0.2, -0.15) is 8.78 Å². The van der Waals surface area contributed by atoms with Gasteiger partial charge in [0.15, 0.2) is 0 Å². The highest BCUT2D eigenvalue weighted by molar-refractivity contribution is 5.76. The van der Waals surface area contributed by atoms with E-state index in [0.717, 1.165) is 0 Å². The maximum atomic E-state index is 12.5. The number of carbonyl (C=O) groups excluding carboxylic acids is 1. The van der Waals surface area contributed by atoms with E-state index in [-0.39, 0.29) is 12.3 Å². The number of carbonyl (C=O) groups is 2. The predicted molar refractivity (Wildman–Crippen MR) is 84.1 cm³/mol. The Labute approximate surface area is 139 Å². The zero-order chi connectivity index (χ0) is 18.3. The molecule has 0 aliphatic rings. The van der Waals surface area contributed by atoms with Gasteiger partial charge in [-0.25, -0.2) is 4.79 Å². The van der Waals surface area contributed by atoms with Crippen LogP contribution in [0.2, 0.25) is 0 Å². The molecule has 0 saturated carbocycles. The van der Waals surface area contributed by atoms with E-state index in [1.807, 2.05) is 0 Å². The van der Waals surface area contributed by atoms with E-state index in [0.29, 0.717) is 12.0 Å². The van der Waals surface area contributed by atoms with Crippen LogP contribution >= 0.6 is 0 Å². The third-order valence-corrected chi connectivity index (χ3v) is 3.53. The summed E-state index contributed by atoms with van der Waals surface area (Å²) in [4.78, 5) is 24.3. The topological polar surface area (TPSA) is 78.9 Å². The number of rotatable bonds is 8. The van der Waals surface area contributed by atoms with E-state index in [2.05, 4.69) is 10.1 Å². The Bertz CT molecular complexity index is 569. The number of carboxylic acids is 1. The van der Waals surface area contributed by atoms with Gasteiger partial charge in [0.05, 0.1) is 12.0 Å². The van der Waals surface area contributed by atoms with Gasteiger partial charge < -0.3 is 20.1 Å². The first-order valence-corrected chi connectivity index (χ1v) is 7.54. The number of amides is 2. The zero-order valence-electron chi connectivity index (χ0n) is 13.8. The Morgan fingerprint density at radius 1 is 1.33 bits per heavy atom. The Morgan fingerprint density at radius 2 is 1.96 bits per heavy atom. The summed E-state index contributed by atoms with van der Waals surface area (Å²) in [5.41, 5.74) is 0.438. The van der Waals surface area contributed by atoms with Gasteiger partial charge in [-0.05, 0) is 12.5 Å². The zero-order valence-corrected chi connectivity index (χ0v) is 13.8. The van der Waals surface area contributed by atoms with Crippen LogP contribution in [0.1, 0.15) is 31.9 Å². The van der Waals surface area contributed by atoms with Crippen LogP contribution in [0.4, 0.5) is 13.6 Å². The van der Waals surface area contributed by atoms with Crippen LogP contribution in [0.3, 0.4) is 0 Å². The Balaban J connectivity index is 2.84. The maximum Gasteiger partial charge on any atom is 0.387 e. The maximum absolute atomic E-state index is 12.5. The third-order valence-electron chi connectivity index (χ3n) is 3.53. The van der Waals surface area contributed by atoms with E-state index in [1.54, 1.807) is 25.1 Å². The summed E-state index contributed by atoms with van der Waals surface area (Å²) in [5.74, 6) is -1.71. The minimum Gasteiger partial charge on any atom is -0.481 e. The van der Waals surface area contributed by atoms with Crippen molar-refractivity contribution in [2.75, 3.05) is 13.6 Å². The predicted octanol–water partition coefficient (Wildman–Crippen LogP) is 3.10. The highest BCUT2D eigenvalue weighted by atomic mass is 19.3. The lowest BCUT2D eigenvalue weighted by atomic mass is 10.0. The fraction of sp³-hybridized carbons (Fsp3) is 0.500. The van der Waals surface area contributed by atoms with Gasteiger partial charge in [0.25, 0.3) is 0 Å². The molecule has 0 aliphatic carbocycles. The van der Waals surface area contributed by atoms with Crippen LogP contribution in [0.5, 0.6) is 5.75 Å². The van der Waals surface area contributed by atoms with Gasteiger partial charge >= 0.3 is 18.6 Å². The molecule has 0 aromatic heterocycles. The van der Waals surface area contributed by atoms with Crippen molar-refractivity contribution < 1.29 is 28.2 Å². The summed E-state index contributed by atoms with van der Waals surface area (Å²) in [7, 11) is 1.48. The monoisotopic (exact) mass is 344 g/mol. The molecular formula is C16H22F2N2O4. The standard InChI is InChI=1S/C16H22F2N2O4/c1-4-12(11-7-5-6-8-13(11)24-15(17)18)19-16(23)20(3)9-10(2)14(21)22/h5-8,10,12,15H,4,9H2,1-3H3,(H,19,23)(H,21,22). The molecule has 0 heterocycles. The fourth-order valence-electron chi connectivity index (χ4n) is 2.20. The average molecular weight is 344 g/mol. The van der Waals surface area contributed by atoms with E-state index >= 15 is 0 Å². The smallest absolute Gasteiger partial charge is 0.387 e. The summed E-state index contributed by atoms with van der Waals surface area (Å²) < 4.78 is 29.5. The SMILES string of the molecule is CCC(NC(=O)N(C)CC(C)C(=O)O)c1ccccc1OC(F)F. The van der Waals surface area contributed by atoms with Gasteiger partial charge in [0.1, 0.15) is 5.75 Å². The number of halogens is 2. The lowest BCUT2D eigenvalue weighted by molar-refractivity contribution is -0.141. The van der Waals surface area contributed by atoms with Crippen LogP contribution in [-0.2, 0) is 4.79 Å². The summed E-state index contributed by atoms with van der Waals surface area (Å²) in [6.45, 7) is 0.366. The van der Waals surface area contributed by atoms with Gasteiger partial charge in [0, 0.05) is 19.2 Å². The van der Waals surface area contributed by atoms with Crippen molar-refractivity contribution in [2.24, 2.45) is 5.92 Å². The van der Waals surface area contributed by atoms with Crippen LogP contribution in [0.25, 0.3) is 0 Å². The Hall–Kier alpha value is -2.38. The van der Waals surface area contributed by atoms with E-state index in [9.17, 15) is 18.4 Å². The molecule has 0 radical (unpaired) electrons. The number of urea groups is 1. The van der Waals surface area contributed by atoms with Crippen molar-refractivity contribution in [3.63, 3.8) is 0 Å². The molecule has 1 aromatic rings. The first-order valence-electron chi connectivity index (χ1n) is 7.54. The van der Waals surface area contributed by atoms with E-state index in [1.165, 1.54) is 24.9 Å². The molecule has 2 atom stereocenters. The molecule has 6 nitrogen and oxygen atoms in total. The number of nitrogens with one attached hydrogen (secondary N) is 1. The first kappa shape index (κ1) is 19.7. The molecule has 24 heavy (non-hydrogen) atoms. The first-order chi connectivity index (χ1) is 11.3. The van der Waals surface area contributed by atoms with Crippen LogP contribution < -0.4 is 10.1 Å². The molecule has 0 aliphatic heterocycles. The lowest BCUT2D eigenvalue weighted by Crippen LogP contribution is -2.42. The fourth-order valence-corrected chi connectivity index (χ4v) is 2.20. The molecule has 2 N–H and O–H groups in total. The molecule has 2 unspecified atom stereocenters. The largest absolute Gasteiger partial charge is 0.481 e. The molecule has 0 bridgehead atoms. The second-order valence-electron chi connectivity index (χ2n) is 5.45. The number of ether oxygens (including phenoxy) is 1. The third kappa shape index (κ3) is 5.68. The number of hydrogen-bond donors (Lipinski definition) is 2. The summed E-state index contributed by atoms with van der Waals surface area (Å²) in [6.07, 6.45) is 0.456. The van der Waals surface area contributed by atoms with E-state index in [4.69, 9.17) is 5.11 Å². The Kier molecular flexibility index (Phi) is 7.41. The van der Waals surface area contributed by atoms with Gasteiger partial charge in [0.2, 0.25) is 0 Å². The molecule has 0 saturated heterocycles. The molecule has 1 rings (SSSR count). The number of para-hydroxylation sites is 1. The van der Waals surface area contributed by atoms with Crippen LogP contribution in [0.15, 0.2) is 24.3 Å². The van der Waals surface area contributed by atoms with Crippen molar-refractivity contribution in [1.82, 2.24) is 10.2 Å². The number of nitrogens with zero attached hydrogens (tertiary/aromatic N) is 1. The quantitative estimate of drug-likeness (QED) is 0.759. The highest BCUT2D eigenvalue weighted by Crippen LogP contribution is 2.28. The van der Waals surface area contributed by atoms with Crippen LogP contribution in [0, 0.1) is 5.92 Å².